The Labute approximate surface area is 200 Å². The average Bonchev–Trinajstić information content (AvgIpc) is 3.29. The van der Waals surface area contributed by atoms with Crippen LogP contribution in [0.2, 0.25) is 0 Å². The first kappa shape index (κ1) is 23.1. The first-order chi connectivity index (χ1) is 16.3. The van der Waals surface area contributed by atoms with Gasteiger partial charge in [0.05, 0.1) is 5.57 Å². The first-order valence-corrected chi connectivity index (χ1v) is 12.2. The number of anilines is 1. The van der Waals surface area contributed by atoms with Gasteiger partial charge in [-0.2, -0.15) is 0 Å². The van der Waals surface area contributed by atoms with Crippen molar-refractivity contribution >= 4 is 16.8 Å². The molecular formula is C28H33FN2O3. The summed E-state index contributed by atoms with van der Waals surface area (Å²) in [5, 5.41) is 22.9. The molecule has 180 valence electrons. The summed E-state index contributed by atoms with van der Waals surface area (Å²) >= 11 is 0. The molecule has 2 unspecified atom stereocenters. The summed E-state index contributed by atoms with van der Waals surface area (Å²) in [6, 6.07) is 13.1. The fourth-order valence-electron chi connectivity index (χ4n) is 5.49. The van der Waals surface area contributed by atoms with Crippen LogP contribution in [0.5, 0.6) is 0 Å². The van der Waals surface area contributed by atoms with Crippen LogP contribution in [0, 0.1) is 11.7 Å². The number of ether oxygens (including phenoxy) is 1. The standard InChI is InChI=1S/C28H33FN2O3/c1-28(2)23(15-25(34-28)26-22-14-21(29)9-10-24(22)30-27(26)33)20-7-5-19(6-8-20)17-31-12-3-4-18(16-31)11-13-32/h5-10,14-15,18,27,30,32-33H,3-4,11-13,16-17H2,1-2H3/b26-25+. The van der Waals surface area contributed by atoms with E-state index in [-0.39, 0.29) is 12.4 Å². The van der Waals surface area contributed by atoms with Gasteiger partial charge in [-0.05, 0) is 81.0 Å². The third-order valence-electron chi connectivity index (χ3n) is 7.20. The molecule has 0 saturated carbocycles. The molecule has 3 aliphatic heterocycles. The molecule has 0 amide bonds. The lowest BCUT2D eigenvalue weighted by molar-refractivity contribution is 0.109. The summed E-state index contributed by atoms with van der Waals surface area (Å²) in [5.74, 6) is 0.808. The van der Waals surface area contributed by atoms with E-state index in [0.29, 0.717) is 28.5 Å². The van der Waals surface area contributed by atoms with Crippen molar-refractivity contribution in [1.29, 1.82) is 0 Å². The van der Waals surface area contributed by atoms with Crippen LogP contribution in [0.15, 0.2) is 54.3 Å². The molecule has 3 heterocycles. The van der Waals surface area contributed by atoms with E-state index in [9.17, 15) is 14.6 Å². The molecular weight excluding hydrogens is 431 g/mol. The number of nitrogens with one attached hydrogen (secondary N) is 1. The SMILES string of the molecule is CC1(C)O/C(=C2\c3cc(F)ccc3NC2O)C=C1c1ccc(CN2CCCC(CCO)C2)cc1. The van der Waals surface area contributed by atoms with Crippen LogP contribution >= 0.6 is 0 Å². The van der Waals surface area contributed by atoms with Crippen LogP contribution in [-0.4, -0.2) is 46.6 Å². The van der Waals surface area contributed by atoms with Gasteiger partial charge in [0.1, 0.15) is 17.2 Å². The Balaban J connectivity index is 1.38. The Kier molecular flexibility index (Phi) is 6.23. The molecule has 0 aliphatic carbocycles. The third kappa shape index (κ3) is 4.50. The minimum absolute atomic E-state index is 0.270. The number of hydrogen-bond donors (Lipinski definition) is 3. The number of likely N-dealkylation sites (tertiary alicyclic amines) is 1. The van der Waals surface area contributed by atoms with E-state index in [1.54, 1.807) is 6.07 Å². The molecule has 5 rings (SSSR count). The van der Waals surface area contributed by atoms with E-state index in [0.717, 1.165) is 37.2 Å². The van der Waals surface area contributed by atoms with E-state index in [1.165, 1.54) is 30.5 Å². The van der Waals surface area contributed by atoms with Crippen LogP contribution in [0.25, 0.3) is 11.1 Å². The zero-order valence-corrected chi connectivity index (χ0v) is 19.9. The van der Waals surface area contributed by atoms with Crippen molar-refractivity contribution in [3.8, 4) is 0 Å². The van der Waals surface area contributed by atoms with Crippen LogP contribution < -0.4 is 5.32 Å². The predicted molar refractivity (Wildman–Crippen MR) is 132 cm³/mol. The van der Waals surface area contributed by atoms with Gasteiger partial charge < -0.3 is 20.3 Å². The Morgan fingerprint density at radius 2 is 1.97 bits per heavy atom. The van der Waals surface area contributed by atoms with Gasteiger partial charge in [-0.1, -0.05) is 24.3 Å². The van der Waals surface area contributed by atoms with Crippen LogP contribution in [0.1, 0.15) is 49.8 Å². The van der Waals surface area contributed by atoms with Gasteiger partial charge in [0.2, 0.25) is 0 Å². The molecule has 2 aromatic carbocycles. The van der Waals surface area contributed by atoms with E-state index in [2.05, 4.69) is 34.5 Å². The second-order valence-corrected chi connectivity index (χ2v) is 10.1. The number of rotatable bonds is 5. The number of aliphatic hydroxyl groups excluding tert-OH is 2. The normalized spacial score (nSPS) is 26.1. The largest absolute Gasteiger partial charge is 0.483 e. The lowest BCUT2D eigenvalue weighted by Crippen LogP contribution is -2.35. The molecule has 3 aliphatic rings. The van der Waals surface area contributed by atoms with Gasteiger partial charge in [-0.3, -0.25) is 4.90 Å². The smallest absolute Gasteiger partial charge is 0.155 e. The number of allylic oxidation sites excluding steroid dienone is 1. The van der Waals surface area contributed by atoms with Gasteiger partial charge in [0, 0.05) is 36.5 Å². The summed E-state index contributed by atoms with van der Waals surface area (Å²) in [6.07, 6.45) is 4.31. The van der Waals surface area contributed by atoms with Crippen molar-refractivity contribution in [2.75, 3.05) is 25.0 Å². The number of benzene rings is 2. The van der Waals surface area contributed by atoms with Gasteiger partial charge in [-0.15, -0.1) is 0 Å². The molecule has 0 radical (unpaired) electrons. The minimum Gasteiger partial charge on any atom is -0.483 e. The number of piperidine rings is 1. The summed E-state index contributed by atoms with van der Waals surface area (Å²) in [5.41, 5.74) is 4.68. The molecule has 6 heteroatoms. The molecule has 0 spiro atoms. The predicted octanol–water partition coefficient (Wildman–Crippen LogP) is 4.77. The molecule has 1 fully saturated rings. The van der Waals surface area contributed by atoms with Gasteiger partial charge in [0.15, 0.2) is 6.23 Å². The number of hydrogen-bond acceptors (Lipinski definition) is 5. The average molecular weight is 465 g/mol. The maximum Gasteiger partial charge on any atom is 0.155 e. The zero-order chi connectivity index (χ0) is 23.9. The third-order valence-corrected chi connectivity index (χ3v) is 7.20. The second kappa shape index (κ2) is 9.17. The minimum atomic E-state index is -0.945. The number of halogens is 1. The van der Waals surface area contributed by atoms with E-state index in [1.807, 2.05) is 19.9 Å². The topological polar surface area (TPSA) is 65.0 Å². The molecule has 3 N–H and O–H groups in total. The Morgan fingerprint density at radius 3 is 2.74 bits per heavy atom. The lowest BCUT2D eigenvalue weighted by Gasteiger charge is -2.32. The van der Waals surface area contributed by atoms with Crippen molar-refractivity contribution in [3.05, 3.63) is 76.8 Å². The summed E-state index contributed by atoms with van der Waals surface area (Å²) in [6.45, 7) is 7.35. The Hall–Kier alpha value is -2.67. The highest BCUT2D eigenvalue weighted by atomic mass is 19.1. The van der Waals surface area contributed by atoms with Crippen LogP contribution in [0.4, 0.5) is 10.1 Å². The van der Waals surface area contributed by atoms with E-state index in [4.69, 9.17) is 4.74 Å². The van der Waals surface area contributed by atoms with E-state index < -0.39 is 11.8 Å². The maximum atomic E-state index is 13.9. The molecule has 34 heavy (non-hydrogen) atoms. The molecule has 0 bridgehead atoms. The molecule has 0 aromatic heterocycles. The van der Waals surface area contributed by atoms with Crippen molar-refractivity contribution in [2.45, 2.75) is 51.5 Å². The second-order valence-electron chi connectivity index (χ2n) is 10.1. The molecule has 5 nitrogen and oxygen atoms in total. The fraction of sp³-hybridized carbons (Fsp3) is 0.429. The van der Waals surface area contributed by atoms with Crippen molar-refractivity contribution in [2.24, 2.45) is 5.92 Å². The Morgan fingerprint density at radius 1 is 1.18 bits per heavy atom. The fourth-order valence-corrected chi connectivity index (χ4v) is 5.49. The van der Waals surface area contributed by atoms with Crippen molar-refractivity contribution < 1.29 is 19.3 Å². The summed E-state index contributed by atoms with van der Waals surface area (Å²) < 4.78 is 20.2. The monoisotopic (exact) mass is 464 g/mol. The number of fused-ring (bicyclic) bond motifs is 1. The first-order valence-electron chi connectivity index (χ1n) is 12.2. The lowest BCUT2D eigenvalue weighted by atomic mass is 9.91. The molecule has 1 saturated heterocycles. The van der Waals surface area contributed by atoms with Crippen LogP contribution in [-0.2, 0) is 11.3 Å². The maximum absolute atomic E-state index is 13.9. The zero-order valence-electron chi connectivity index (χ0n) is 19.9. The van der Waals surface area contributed by atoms with E-state index >= 15 is 0 Å². The number of nitrogens with zero attached hydrogens (tertiary/aromatic N) is 1. The highest BCUT2D eigenvalue weighted by molar-refractivity contribution is 5.90. The van der Waals surface area contributed by atoms with Gasteiger partial charge >= 0.3 is 0 Å². The van der Waals surface area contributed by atoms with Gasteiger partial charge in [-0.25, -0.2) is 4.39 Å². The Bertz CT molecular complexity index is 1120. The van der Waals surface area contributed by atoms with Crippen molar-refractivity contribution in [3.63, 3.8) is 0 Å². The molecule has 2 aromatic rings. The molecule has 2 atom stereocenters. The quantitative estimate of drug-likeness (QED) is 0.595. The highest BCUT2D eigenvalue weighted by Gasteiger charge is 2.38. The van der Waals surface area contributed by atoms with Gasteiger partial charge in [0.25, 0.3) is 0 Å². The van der Waals surface area contributed by atoms with Crippen LogP contribution in [0.3, 0.4) is 0 Å². The number of aliphatic hydroxyl groups is 2. The summed E-state index contributed by atoms with van der Waals surface area (Å²) in [7, 11) is 0. The van der Waals surface area contributed by atoms with Crippen molar-refractivity contribution in [1.82, 2.24) is 4.90 Å². The highest BCUT2D eigenvalue weighted by Crippen LogP contribution is 2.45. The summed E-state index contributed by atoms with van der Waals surface area (Å²) in [4.78, 5) is 2.48.